The van der Waals surface area contributed by atoms with Gasteiger partial charge in [-0.2, -0.15) is 0 Å². The van der Waals surface area contributed by atoms with Gasteiger partial charge in [0.1, 0.15) is 5.75 Å². The molecule has 0 bridgehead atoms. The standard InChI is InChI=1S/C37H58O/c1-3-5-7-9-10-11-12-13-15-17-31-38-37-29-27-36(28-30-37)35-25-23-34(24-26-35)33-21-19-32(20-22-33)18-16-14-8-6-4-2/h23-30,32-33H,3-22,31H2,1-2H3. The van der Waals surface area contributed by atoms with Gasteiger partial charge in [0.15, 0.2) is 0 Å². The first-order valence-electron chi connectivity index (χ1n) is 16.6. The maximum atomic E-state index is 6.02. The SMILES string of the molecule is CCCCCCCCCCCCOc1ccc(-c2ccc(C3CCC(CCCCCCC)CC3)cc2)cc1. The Morgan fingerprint density at radius 2 is 1.00 bits per heavy atom. The summed E-state index contributed by atoms with van der Waals surface area (Å²) in [5.74, 6) is 2.75. The molecule has 0 heterocycles. The lowest BCUT2D eigenvalue weighted by atomic mass is 9.77. The van der Waals surface area contributed by atoms with Crippen molar-refractivity contribution in [1.29, 1.82) is 0 Å². The minimum Gasteiger partial charge on any atom is -0.494 e. The van der Waals surface area contributed by atoms with E-state index < -0.39 is 0 Å². The first-order valence-corrected chi connectivity index (χ1v) is 16.6. The van der Waals surface area contributed by atoms with Crippen LogP contribution in [0.2, 0.25) is 0 Å². The lowest BCUT2D eigenvalue weighted by molar-refractivity contribution is 0.302. The highest BCUT2D eigenvalue weighted by atomic mass is 16.5. The van der Waals surface area contributed by atoms with Crippen molar-refractivity contribution >= 4 is 0 Å². The first kappa shape index (κ1) is 30.8. The zero-order chi connectivity index (χ0) is 26.7. The van der Waals surface area contributed by atoms with E-state index in [9.17, 15) is 0 Å². The molecule has 0 N–H and O–H groups in total. The predicted octanol–water partition coefficient (Wildman–Crippen LogP) is 12.3. The molecule has 1 nitrogen and oxygen atoms in total. The summed E-state index contributed by atoms with van der Waals surface area (Å²) < 4.78 is 6.02. The Labute approximate surface area is 236 Å². The monoisotopic (exact) mass is 518 g/mol. The van der Waals surface area contributed by atoms with Crippen LogP contribution in [0, 0.1) is 5.92 Å². The van der Waals surface area contributed by atoms with Crippen LogP contribution < -0.4 is 4.74 Å². The second-order valence-corrected chi connectivity index (χ2v) is 12.1. The molecule has 0 saturated heterocycles. The van der Waals surface area contributed by atoms with Crippen LogP contribution in [0.25, 0.3) is 11.1 Å². The summed E-state index contributed by atoms with van der Waals surface area (Å²) in [5, 5.41) is 0. The van der Waals surface area contributed by atoms with Gasteiger partial charge < -0.3 is 4.74 Å². The Morgan fingerprint density at radius 1 is 0.526 bits per heavy atom. The van der Waals surface area contributed by atoms with Gasteiger partial charge in [0, 0.05) is 0 Å². The van der Waals surface area contributed by atoms with Crippen LogP contribution in [0.1, 0.15) is 154 Å². The van der Waals surface area contributed by atoms with Crippen LogP contribution in [0.4, 0.5) is 0 Å². The molecule has 1 saturated carbocycles. The highest BCUT2D eigenvalue weighted by molar-refractivity contribution is 5.64. The van der Waals surface area contributed by atoms with Crippen LogP contribution in [0.5, 0.6) is 5.75 Å². The Bertz CT molecular complexity index is 813. The van der Waals surface area contributed by atoms with Crippen molar-refractivity contribution in [3.8, 4) is 16.9 Å². The van der Waals surface area contributed by atoms with E-state index in [1.54, 1.807) is 5.56 Å². The van der Waals surface area contributed by atoms with Gasteiger partial charge in [-0.3, -0.25) is 0 Å². The normalized spacial score (nSPS) is 17.5. The van der Waals surface area contributed by atoms with Crippen molar-refractivity contribution in [1.82, 2.24) is 0 Å². The lowest BCUT2D eigenvalue weighted by Gasteiger charge is -2.29. The third-order valence-corrected chi connectivity index (χ3v) is 8.90. The van der Waals surface area contributed by atoms with Crippen LogP contribution in [-0.4, -0.2) is 6.61 Å². The number of hydrogen-bond acceptors (Lipinski definition) is 1. The molecule has 0 unspecified atom stereocenters. The summed E-state index contributed by atoms with van der Waals surface area (Å²) in [7, 11) is 0. The van der Waals surface area contributed by atoms with E-state index in [1.165, 1.54) is 140 Å². The quantitative estimate of drug-likeness (QED) is 0.158. The van der Waals surface area contributed by atoms with Crippen molar-refractivity contribution in [2.24, 2.45) is 5.92 Å². The molecule has 0 radical (unpaired) electrons. The molecule has 3 rings (SSSR count). The van der Waals surface area contributed by atoms with Crippen molar-refractivity contribution in [3.63, 3.8) is 0 Å². The maximum Gasteiger partial charge on any atom is 0.119 e. The van der Waals surface area contributed by atoms with E-state index in [-0.39, 0.29) is 0 Å². The molecule has 0 aliphatic heterocycles. The zero-order valence-electron chi connectivity index (χ0n) is 25.0. The molecule has 2 aromatic carbocycles. The third kappa shape index (κ3) is 12.0. The van der Waals surface area contributed by atoms with Gasteiger partial charge in [-0.15, -0.1) is 0 Å². The molecule has 2 aromatic rings. The van der Waals surface area contributed by atoms with Gasteiger partial charge >= 0.3 is 0 Å². The Morgan fingerprint density at radius 3 is 1.55 bits per heavy atom. The minimum atomic E-state index is 0.766. The summed E-state index contributed by atoms with van der Waals surface area (Å²) in [6, 6.07) is 18.2. The summed E-state index contributed by atoms with van der Waals surface area (Å²) in [6.45, 7) is 5.43. The van der Waals surface area contributed by atoms with Gasteiger partial charge in [0.2, 0.25) is 0 Å². The molecular formula is C37H58O. The largest absolute Gasteiger partial charge is 0.494 e. The number of hydrogen-bond donors (Lipinski definition) is 0. The van der Waals surface area contributed by atoms with Crippen molar-refractivity contribution in [2.45, 2.75) is 148 Å². The number of unbranched alkanes of at least 4 members (excludes halogenated alkanes) is 13. The van der Waals surface area contributed by atoms with Gasteiger partial charge in [-0.1, -0.05) is 147 Å². The summed E-state index contributed by atoms with van der Waals surface area (Å²) in [5.41, 5.74) is 4.15. The molecule has 0 amide bonds. The number of rotatable bonds is 20. The highest BCUT2D eigenvalue weighted by Crippen LogP contribution is 2.38. The Hall–Kier alpha value is -1.76. The van der Waals surface area contributed by atoms with Gasteiger partial charge in [-0.05, 0) is 72.8 Å². The first-order chi connectivity index (χ1) is 18.8. The van der Waals surface area contributed by atoms with Gasteiger partial charge in [0.05, 0.1) is 6.61 Å². The molecule has 0 aromatic heterocycles. The second kappa shape index (κ2) is 19.3. The van der Waals surface area contributed by atoms with Crippen molar-refractivity contribution in [3.05, 3.63) is 54.1 Å². The van der Waals surface area contributed by atoms with Crippen molar-refractivity contribution in [2.75, 3.05) is 6.61 Å². The fourth-order valence-corrected chi connectivity index (χ4v) is 6.29. The predicted molar refractivity (Wildman–Crippen MR) is 167 cm³/mol. The smallest absolute Gasteiger partial charge is 0.119 e. The molecule has 1 aliphatic rings. The molecule has 1 fully saturated rings. The molecule has 1 aliphatic carbocycles. The van der Waals surface area contributed by atoms with E-state index >= 15 is 0 Å². The number of ether oxygens (including phenoxy) is 1. The fourth-order valence-electron chi connectivity index (χ4n) is 6.29. The molecular weight excluding hydrogens is 460 g/mol. The van der Waals surface area contributed by atoms with E-state index in [2.05, 4.69) is 62.4 Å². The topological polar surface area (TPSA) is 9.23 Å². The van der Waals surface area contributed by atoms with Crippen LogP contribution in [0.3, 0.4) is 0 Å². The fraction of sp³-hybridized carbons (Fsp3) is 0.676. The van der Waals surface area contributed by atoms with E-state index in [1.807, 2.05) is 0 Å². The Balaban J connectivity index is 1.29. The second-order valence-electron chi connectivity index (χ2n) is 12.1. The third-order valence-electron chi connectivity index (χ3n) is 8.90. The molecule has 0 spiro atoms. The minimum absolute atomic E-state index is 0.766. The zero-order valence-corrected chi connectivity index (χ0v) is 25.0. The average molecular weight is 519 g/mol. The van der Waals surface area contributed by atoms with Gasteiger partial charge in [0.25, 0.3) is 0 Å². The average Bonchev–Trinajstić information content (AvgIpc) is 2.97. The number of benzene rings is 2. The molecule has 0 atom stereocenters. The summed E-state index contributed by atoms with van der Waals surface area (Å²) >= 11 is 0. The van der Waals surface area contributed by atoms with Crippen LogP contribution in [-0.2, 0) is 0 Å². The maximum absolute atomic E-state index is 6.02. The van der Waals surface area contributed by atoms with Gasteiger partial charge in [-0.25, -0.2) is 0 Å². The van der Waals surface area contributed by atoms with Crippen molar-refractivity contribution < 1.29 is 4.74 Å². The Kier molecular flexibility index (Phi) is 15.6. The summed E-state index contributed by atoms with van der Waals surface area (Å²) in [6.07, 6.45) is 27.8. The van der Waals surface area contributed by atoms with Crippen LogP contribution >= 0.6 is 0 Å². The molecule has 212 valence electrons. The van der Waals surface area contributed by atoms with E-state index in [0.29, 0.717) is 0 Å². The molecule has 38 heavy (non-hydrogen) atoms. The van der Waals surface area contributed by atoms with Crippen LogP contribution in [0.15, 0.2) is 48.5 Å². The summed E-state index contributed by atoms with van der Waals surface area (Å²) in [4.78, 5) is 0. The van der Waals surface area contributed by atoms with E-state index in [4.69, 9.17) is 4.74 Å². The highest BCUT2D eigenvalue weighted by Gasteiger charge is 2.22. The molecule has 1 heteroatoms. The van der Waals surface area contributed by atoms with E-state index in [0.717, 1.165) is 24.2 Å². The lowest BCUT2D eigenvalue weighted by Crippen LogP contribution is -2.13.